The highest BCUT2D eigenvalue weighted by Gasteiger charge is 2.69. The van der Waals surface area contributed by atoms with Gasteiger partial charge in [0.05, 0.1) is 21.8 Å². The Hall–Kier alpha value is -1.25. The van der Waals surface area contributed by atoms with E-state index in [1.165, 1.54) is 11.3 Å². The fourth-order valence-electron chi connectivity index (χ4n) is 5.47. The van der Waals surface area contributed by atoms with Crippen LogP contribution in [-0.4, -0.2) is 35.9 Å². The zero-order chi connectivity index (χ0) is 18.6. The monoisotopic (exact) mass is 450 g/mol. The highest BCUT2D eigenvalue weighted by atomic mass is 79.9. The maximum absolute atomic E-state index is 13.2. The number of aromatic nitrogens is 1. The molecule has 1 spiro atoms. The first-order valence-electron chi connectivity index (χ1n) is 9.70. The highest BCUT2D eigenvalue weighted by Crippen LogP contribution is 2.72. The summed E-state index contributed by atoms with van der Waals surface area (Å²) in [6, 6.07) is 0.218. The van der Waals surface area contributed by atoms with E-state index in [1.54, 1.807) is 6.20 Å². The molecular formula is C19H23BrN4O2S. The number of thiazole rings is 1. The van der Waals surface area contributed by atoms with Crippen LogP contribution in [0.25, 0.3) is 0 Å². The van der Waals surface area contributed by atoms with Gasteiger partial charge in [-0.05, 0) is 72.0 Å². The van der Waals surface area contributed by atoms with Crippen molar-refractivity contribution in [2.24, 2.45) is 29.1 Å². The molecule has 0 unspecified atom stereocenters. The molecule has 2 heterocycles. The van der Waals surface area contributed by atoms with E-state index in [0.717, 1.165) is 42.6 Å². The number of carbonyl (C=O) groups is 2. The van der Waals surface area contributed by atoms with Gasteiger partial charge in [-0.2, -0.15) is 0 Å². The third kappa shape index (κ3) is 2.96. The van der Waals surface area contributed by atoms with Crippen molar-refractivity contribution in [3.05, 3.63) is 22.1 Å². The summed E-state index contributed by atoms with van der Waals surface area (Å²) in [4.78, 5) is 30.6. The summed E-state index contributed by atoms with van der Waals surface area (Å²) in [5.74, 6) is -0.193. The summed E-state index contributed by atoms with van der Waals surface area (Å²) < 4.78 is 0.879. The molecule has 1 aromatic heterocycles. The van der Waals surface area contributed by atoms with Crippen LogP contribution >= 0.6 is 27.3 Å². The Morgan fingerprint density at radius 1 is 1.15 bits per heavy atom. The van der Waals surface area contributed by atoms with Gasteiger partial charge < -0.3 is 16.0 Å². The van der Waals surface area contributed by atoms with Gasteiger partial charge in [-0.25, -0.2) is 4.98 Å². The minimum Gasteiger partial charge on any atom is -0.353 e. The highest BCUT2D eigenvalue weighted by molar-refractivity contribution is 9.11. The van der Waals surface area contributed by atoms with Crippen LogP contribution in [0, 0.1) is 29.1 Å². The normalized spacial score (nSPS) is 33.4. The quantitative estimate of drug-likeness (QED) is 0.615. The number of nitrogens with one attached hydrogen (secondary N) is 3. The van der Waals surface area contributed by atoms with Crippen LogP contribution in [0.3, 0.4) is 0 Å². The van der Waals surface area contributed by atoms with Crippen LogP contribution in [0.2, 0.25) is 0 Å². The molecular weight excluding hydrogens is 428 g/mol. The maximum Gasteiger partial charge on any atom is 0.230 e. The average Bonchev–Trinajstić information content (AvgIpc) is 3.15. The molecule has 1 aliphatic heterocycles. The number of amides is 2. The molecule has 2 amide bonds. The van der Waals surface area contributed by atoms with Gasteiger partial charge in [0.15, 0.2) is 5.13 Å². The van der Waals surface area contributed by atoms with Crippen molar-refractivity contribution in [3.63, 3.8) is 0 Å². The molecule has 144 valence electrons. The van der Waals surface area contributed by atoms with Crippen LogP contribution in [0.1, 0.15) is 25.7 Å². The zero-order valence-corrected chi connectivity index (χ0v) is 17.3. The van der Waals surface area contributed by atoms with Crippen LogP contribution < -0.4 is 16.0 Å². The molecule has 27 heavy (non-hydrogen) atoms. The third-order valence-corrected chi connectivity index (χ3v) is 8.23. The second-order valence-corrected chi connectivity index (χ2v) is 10.6. The van der Waals surface area contributed by atoms with E-state index >= 15 is 0 Å². The molecule has 3 N–H and O–H groups in total. The predicted molar refractivity (Wildman–Crippen MR) is 107 cm³/mol. The van der Waals surface area contributed by atoms with E-state index in [2.05, 4.69) is 49.0 Å². The summed E-state index contributed by atoms with van der Waals surface area (Å²) in [5, 5.41) is 10.1. The molecule has 4 aliphatic rings. The van der Waals surface area contributed by atoms with Gasteiger partial charge in [-0.1, -0.05) is 23.5 Å². The Bertz CT molecular complexity index is 799. The zero-order valence-electron chi connectivity index (χ0n) is 14.9. The van der Waals surface area contributed by atoms with E-state index in [4.69, 9.17) is 0 Å². The predicted octanol–water partition coefficient (Wildman–Crippen LogP) is 2.54. The lowest BCUT2D eigenvalue weighted by Gasteiger charge is -2.30. The summed E-state index contributed by atoms with van der Waals surface area (Å²) in [7, 11) is 0. The second-order valence-electron chi connectivity index (χ2n) is 8.21. The van der Waals surface area contributed by atoms with Crippen LogP contribution in [0.4, 0.5) is 5.13 Å². The van der Waals surface area contributed by atoms with Gasteiger partial charge in [-0.3, -0.25) is 9.59 Å². The van der Waals surface area contributed by atoms with E-state index < -0.39 is 0 Å². The average molecular weight is 451 g/mol. The van der Waals surface area contributed by atoms with Gasteiger partial charge in [0.1, 0.15) is 0 Å². The van der Waals surface area contributed by atoms with E-state index in [0.29, 0.717) is 5.13 Å². The number of hydrogen-bond donors (Lipinski definition) is 3. The molecule has 3 fully saturated rings. The molecule has 0 radical (unpaired) electrons. The SMILES string of the molecule is O=C(NC1CCNCC1)[C@H]1[C@H](C(=O)Nc2ncc(Br)s2)[C@@H]2C=C[C@H]1C21CC1. The van der Waals surface area contributed by atoms with Crippen LogP contribution in [0.5, 0.6) is 0 Å². The fourth-order valence-corrected chi connectivity index (χ4v) is 6.58. The Morgan fingerprint density at radius 2 is 1.81 bits per heavy atom. The van der Waals surface area contributed by atoms with Crippen molar-refractivity contribution >= 4 is 44.2 Å². The number of carbonyl (C=O) groups excluding carboxylic acids is 2. The lowest BCUT2D eigenvalue weighted by Crippen LogP contribution is -2.48. The fraction of sp³-hybridized carbons (Fsp3) is 0.632. The largest absolute Gasteiger partial charge is 0.353 e. The van der Waals surface area contributed by atoms with Gasteiger partial charge in [0.25, 0.3) is 0 Å². The summed E-state index contributed by atoms with van der Waals surface area (Å²) >= 11 is 4.78. The lowest BCUT2D eigenvalue weighted by atomic mass is 9.81. The topological polar surface area (TPSA) is 83.1 Å². The third-order valence-electron chi connectivity index (χ3n) is 6.84. The number of rotatable bonds is 4. The number of nitrogens with zero attached hydrogens (tertiary/aromatic N) is 1. The molecule has 8 heteroatoms. The first-order chi connectivity index (χ1) is 13.1. The number of allylic oxidation sites excluding steroid dienone is 2. The molecule has 6 nitrogen and oxygen atoms in total. The van der Waals surface area contributed by atoms with Crippen molar-refractivity contribution in [3.8, 4) is 0 Å². The van der Waals surface area contributed by atoms with Crippen LogP contribution in [-0.2, 0) is 9.59 Å². The number of piperidine rings is 1. The Balaban J connectivity index is 1.37. The molecule has 5 rings (SSSR count). The van der Waals surface area contributed by atoms with Crippen molar-refractivity contribution in [1.82, 2.24) is 15.6 Å². The van der Waals surface area contributed by atoms with Gasteiger partial charge in [0.2, 0.25) is 11.8 Å². The van der Waals surface area contributed by atoms with E-state index in [9.17, 15) is 9.59 Å². The van der Waals surface area contributed by atoms with Gasteiger partial charge in [0, 0.05) is 6.04 Å². The first-order valence-corrected chi connectivity index (χ1v) is 11.3. The van der Waals surface area contributed by atoms with Crippen molar-refractivity contribution in [2.45, 2.75) is 31.7 Å². The Morgan fingerprint density at radius 3 is 2.41 bits per heavy atom. The molecule has 1 aromatic rings. The minimum absolute atomic E-state index is 0.0606. The minimum atomic E-state index is -0.299. The molecule has 3 aliphatic carbocycles. The molecule has 4 atom stereocenters. The van der Waals surface area contributed by atoms with Gasteiger partial charge >= 0.3 is 0 Å². The standard InChI is InChI=1S/C19H23BrN4O2S/c20-13-9-22-18(27-13)24-17(26)15-12-2-1-11(19(12)5-6-19)14(15)16(25)23-10-3-7-21-8-4-10/h1-2,9-12,14-15,21H,3-8H2,(H,23,25)(H,22,24,26)/t11-,12+,14-,15-/m1/s1. The Labute approximate surface area is 170 Å². The number of halogens is 1. The summed E-state index contributed by atoms with van der Waals surface area (Å²) in [6.45, 7) is 1.88. The number of anilines is 1. The molecule has 0 aromatic carbocycles. The first kappa shape index (κ1) is 17.8. The van der Waals surface area contributed by atoms with Crippen molar-refractivity contribution in [2.75, 3.05) is 18.4 Å². The molecule has 1 saturated heterocycles. The lowest BCUT2D eigenvalue weighted by molar-refractivity contribution is -0.133. The van der Waals surface area contributed by atoms with E-state index in [1.807, 2.05) is 0 Å². The van der Waals surface area contributed by atoms with Crippen molar-refractivity contribution < 1.29 is 9.59 Å². The summed E-state index contributed by atoms with van der Waals surface area (Å²) in [5.41, 5.74) is 0.154. The smallest absolute Gasteiger partial charge is 0.230 e. The van der Waals surface area contributed by atoms with Gasteiger partial charge in [-0.15, -0.1) is 0 Å². The van der Waals surface area contributed by atoms with Crippen molar-refractivity contribution in [1.29, 1.82) is 0 Å². The molecule has 2 bridgehead atoms. The maximum atomic E-state index is 13.2. The summed E-state index contributed by atoms with van der Waals surface area (Å²) in [6.07, 6.45) is 10.2. The number of hydrogen-bond acceptors (Lipinski definition) is 5. The van der Waals surface area contributed by atoms with Crippen LogP contribution in [0.15, 0.2) is 22.1 Å². The Kier molecular flexibility index (Phi) is 4.40. The second kappa shape index (κ2) is 6.67. The van der Waals surface area contributed by atoms with E-state index in [-0.39, 0.29) is 46.9 Å². The molecule has 2 saturated carbocycles.